The van der Waals surface area contributed by atoms with Gasteiger partial charge in [-0.1, -0.05) is 6.07 Å². The average Bonchev–Trinajstić information content (AvgIpc) is 2.50. The van der Waals surface area contributed by atoms with Gasteiger partial charge in [-0.3, -0.25) is 19.7 Å². The molecule has 7 heteroatoms. The predicted octanol–water partition coefficient (Wildman–Crippen LogP) is 3.11. The Kier molecular flexibility index (Phi) is 4.70. The number of nitrogens with one attached hydrogen (secondary N) is 2. The summed E-state index contributed by atoms with van der Waals surface area (Å²) in [5.41, 5.74) is 2.22. The van der Waals surface area contributed by atoms with Crippen LogP contribution in [-0.2, 0) is 4.79 Å². The zero-order chi connectivity index (χ0) is 17.0. The van der Waals surface area contributed by atoms with Gasteiger partial charge in [-0.2, -0.15) is 0 Å². The largest absolute Gasteiger partial charge is 0.326 e. The van der Waals surface area contributed by atoms with E-state index in [2.05, 4.69) is 10.6 Å². The minimum Gasteiger partial charge on any atom is -0.326 e. The van der Waals surface area contributed by atoms with E-state index in [-0.39, 0.29) is 11.6 Å². The summed E-state index contributed by atoms with van der Waals surface area (Å²) in [5, 5.41) is 16.0. The van der Waals surface area contributed by atoms with E-state index in [4.69, 9.17) is 0 Å². The minimum atomic E-state index is -0.526. The topological polar surface area (TPSA) is 101 Å². The maximum atomic E-state index is 12.1. The number of hydrogen-bond donors (Lipinski definition) is 2. The molecule has 0 bridgehead atoms. The van der Waals surface area contributed by atoms with Gasteiger partial charge in [0.25, 0.3) is 11.6 Å². The Hall–Kier alpha value is -3.22. The molecule has 0 aliphatic rings. The molecule has 2 aromatic rings. The minimum absolute atomic E-state index is 0.0789. The van der Waals surface area contributed by atoms with Crippen molar-refractivity contribution < 1.29 is 14.5 Å². The number of hydrogen-bond acceptors (Lipinski definition) is 4. The molecule has 23 heavy (non-hydrogen) atoms. The Labute approximate surface area is 132 Å². The van der Waals surface area contributed by atoms with Gasteiger partial charge in [0.2, 0.25) is 5.91 Å². The van der Waals surface area contributed by atoms with Crippen molar-refractivity contribution in [3.63, 3.8) is 0 Å². The smallest absolute Gasteiger partial charge is 0.269 e. The fourth-order valence-corrected chi connectivity index (χ4v) is 1.96. The SMILES string of the molecule is CC(=O)Nc1cc(NC(=O)c2ccc([N+](=O)[O-])cc2)ccc1C. The van der Waals surface area contributed by atoms with Crippen molar-refractivity contribution in [2.75, 3.05) is 10.6 Å². The Bertz CT molecular complexity index is 769. The first-order valence-corrected chi connectivity index (χ1v) is 6.81. The van der Waals surface area contributed by atoms with Crippen LogP contribution >= 0.6 is 0 Å². The number of amides is 2. The molecule has 2 aromatic carbocycles. The van der Waals surface area contributed by atoms with Gasteiger partial charge in [0.05, 0.1) is 4.92 Å². The van der Waals surface area contributed by atoms with E-state index in [1.165, 1.54) is 31.2 Å². The molecule has 0 aliphatic carbocycles. The fourth-order valence-electron chi connectivity index (χ4n) is 1.96. The molecule has 0 aliphatic heterocycles. The molecule has 0 aromatic heterocycles. The monoisotopic (exact) mass is 313 g/mol. The van der Waals surface area contributed by atoms with Crippen LogP contribution < -0.4 is 10.6 Å². The standard InChI is InChI=1S/C16H15N3O4/c1-10-3-6-13(9-15(10)17-11(2)20)18-16(21)12-4-7-14(8-5-12)19(22)23/h3-9H,1-2H3,(H,17,20)(H,18,21). The third kappa shape index (κ3) is 4.13. The Morgan fingerprint density at radius 3 is 2.26 bits per heavy atom. The summed E-state index contributed by atoms with van der Waals surface area (Å²) in [6.07, 6.45) is 0. The lowest BCUT2D eigenvalue weighted by molar-refractivity contribution is -0.384. The van der Waals surface area contributed by atoms with E-state index in [0.29, 0.717) is 16.9 Å². The zero-order valence-electron chi connectivity index (χ0n) is 12.6. The van der Waals surface area contributed by atoms with Crippen molar-refractivity contribution >= 4 is 28.9 Å². The van der Waals surface area contributed by atoms with Crippen molar-refractivity contribution in [2.24, 2.45) is 0 Å². The second kappa shape index (κ2) is 6.69. The van der Waals surface area contributed by atoms with Crippen LogP contribution in [0, 0.1) is 17.0 Å². The van der Waals surface area contributed by atoms with Gasteiger partial charge < -0.3 is 10.6 Å². The van der Waals surface area contributed by atoms with Crippen molar-refractivity contribution in [3.8, 4) is 0 Å². The van der Waals surface area contributed by atoms with Gasteiger partial charge in [-0.15, -0.1) is 0 Å². The third-order valence-corrected chi connectivity index (χ3v) is 3.15. The van der Waals surface area contributed by atoms with Gasteiger partial charge in [0.1, 0.15) is 0 Å². The molecule has 0 saturated carbocycles. The highest BCUT2D eigenvalue weighted by molar-refractivity contribution is 6.04. The first-order chi connectivity index (χ1) is 10.9. The number of non-ortho nitro benzene ring substituents is 1. The van der Waals surface area contributed by atoms with Crippen molar-refractivity contribution in [2.45, 2.75) is 13.8 Å². The number of nitro groups is 1. The molecule has 2 amide bonds. The lowest BCUT2D eigenvalue weighted by Crippen LogP contribution is -2.13. The summed E-state index contributed by atoms with van der Waals surface area (Å²) in [6, 6.07) is 10.5. The number of nitro benzene ring substituents is 1. The zero-order valence-corrected chi connectivity index (χ0v) is 12.6. The molecule has 0 heterocycles. The maximum absolute atomic E-state index is 12.1. The number of anilines is 2. The number of rotatable bonds is 4. The molecule has 0 fully saturated rings. The summed E-state index contributed by atoms with van der Waals surface area (Å²) < 4.78 is 0. The second-order valence-electron chi connectivity index (χ2n) is 4.97. The molecule has 0 unspecified atom stereocenters. The van der Waals surface area contributed by atoms with Gasteiger partial charge in [0, 0.05) is 36.0 Å². The summed E-state index contributed by atoms with van der Waals surface area (Å²) >= 11 is 0. The lowest BCUT2D eigenvalue weighted by atomic mass is 10.1. The predicted molar refractivity (Wildman–Crippen MR) is 86.5 cm³/mol. The third-order valence-electron chi connectivity index (χ3n) is 3.15. The highest BCUT2D eigenvalue weighted by Crippen LogP contribution is 2.21. The molecule has 118 valence electrons. The quantitative estimate of drug-likeness (QED) is 0.668. The van der Waals surface area contributed by atoms with E-state index in [9.17, 15) is 19.7 Å². The molecule has 0 spiro atoms. The lowest BCUT2D eigenvalue weighted by Gasteiger charge is -2.10. The highest BCUT2D eigenvalue weighted by atomic mass is 16.6. The van der Waals surface area contributed by atoms with Crippen molar-refractivity contribution in [1.82, 2.24) is 0 Å². The summed E-state index contributed by atoms with van der Waals surface area (Å²) in [6.45, 7) is 3.24. The average molecular weight is 313 g/mol. The number of aryl methyl sites for hydroxylation is 1. The van der Waals surface area contributed by atoms with Crippen LogP contribution in [0.3, 0.4) is 0 Å². The Morgan fingerprint density at radius 2 is 1.70 bits per heavy atom. The molecular formula is C16H15N3O4. The molecule has 0 saturated heterocycles. The highest BCUT2D eigenvalue weighted by Gasteiger charge is 2.10. The van der Waals surface area contributed by atoms with Crippen LogP contribution in [0.25, 0.3) is 0 Å². The first-order valence-electron chi connectivity index (χ1n) is 6.81. The number of carbonyl (C=O) groups is 2. The van der Waals surface area contributed by atoms with Crippen LogP contribution in [0.15, 0.2) is 42.5 Å². The summed E-state index contributed by atoms with van der Waals surface area (Å²) in [7, 11) is 0. The molecule has 7 nitrogen and oxygen atoms in total. The molecule has 2 rings (SSSR count). The van der Waals surface area contributed by atoms with E-state index < -0.39 is 10.8 Å². The normalized spacial score (nSPS) is 10.0. The molecular weight excluding hydrogens is 298 g/mol. The Morgan fingerprint density at radius 1 is 1.04 bits per heavy atom. The molecule has 0 atom stereocenters. The first kappa shape index (κ1) is 16.2. The van der Waals surface area contributed by atoms with Crippen LogP contribution in [-0.4, -0.2) is 16.7 Å². The van der Waals surface area contributed by atoms with Crippen LogP contribution in [0.4, 0.5) is 17.1 Å². The second-order valence-corrected chi connectivity index (χ2v) is 4.97. The molecule has 2 N–H and O–H groups in total. The number of nitrogens with zero attached hydrogens (tertiary/aromatic N) is 1. The van der Waals surface area contributed by atoms with Crippen LogP contribution in [0.2, 0.25) is 0 Å². The number of carbonyl (C=O) groups excluding carboxylic acids is 2. The molecule has 0 radical (unpaired) electrons. The van der Waals surface area contributed by atoms with E-state index in [0.717, 1.165) is 5.56 Å². The van der Waals surface area contributed by atoms with E-state index >= 15 is 0 Å². The Balaban J connectivity index is 2.16. The van der Waals surface area contributed by atoms with E-state index in [1.54, 1.807) is 18.2 Å². The van der Waals surface area contributed by atoms with Crippen molar-refractivity contribution in [3.05, 3.63) is 63.7 Å². The fraction of sp³-hybridized carbons (Fsp3) is 0.125. The van der Waals surface area contributed by atoms with Gasteiger partial charge in [0.15, 0.2) is 0 Å². The number of benzene rings is 2. The van der Waals surface area contributed by atoms with Gasteiger partial charge in [-0.25, -0.2) is 0 Å². The van der Waals surface area contributed by atoms with Gasteiger partial charge >= 0.3 is 0 Å². The summed E-state index contributed by atoms with van der Waals surface area (Å²) in [5.74, 6) is -0.593. The van der Waals surface area contributed by atoms with Crippen LogP contribution in [0.1, 0.15) is 22.8 Å². The van der Waals surface area contributed by atoms with Crippen molar-refractivity contribution in [1.29, 1.82) is 0 Å². The van der Waals surface area contributed by atoms with E-state index in [1.807, 2.05) is 6.92 Å². The summed E-state index contributed by atoms with van der Waals surface area (Å²) in [4.78, 5) is 33.4. The van der Waals surface area contributed by atoms with Gasteiger partial charge in [-0.05, 0) is 36.8 Å². The van der Waals surface area contributed by atoms with Crippen LogP contribution in [0.5, 0.6) is 0 Å². The maximum Gasteiger partial charge on any atom is 0.269 e.